The molecule has 0 aromatic heterocycles. The third kappa shape index (κ3) is 5.26. The molecule has 54 valence electrons. The summed E-state index contributed by atoms with van der Waals surface area (Å²) in [5.74, 6) is -0.427. The van der Waals surface area contributed by atoms with Crippen LogP contribution in [0.3, 0.4) is 0 Å². The zero-order valence-corrected chi connectivity index (χ0v) is 5.29. The highest BCUT2D eigenvalue weighted by Gasteiger charge is 1.96. The molecule has 9 heavy (non-hydrogen) atoms. The van der Waals surface area contributed by atoms with Gasteiger partial charge in [0.1, 0.15) is 6.61 Å². The highest BCUT2D eigenvalue weighted by molar-refractivity contribution is 5.68. The Bertz CT molecular complexity index is 81.0. The Balaban J connectivity index is 2.97. The Morgan fingerprint density at radius 3 is 2.78 bits per heavy atom. The third-order valence-corrected chi connectivity index (χ3v) is 0.615. The molecule has 4 heteroatoms. The molecule has 0 aromatic rings. The molecule has 1 N–H and O–H groups in total. The first-order valence-corrected chi connectivity index (χ1v) is 2.74. The molecule has 0 spiro atoms. The number of hydrogen-bond donors (Lipinski definition) is 1. The fraction of sp³-hybridized carbons (Fsp3) is 0.800. The van der Waals surface area contributed by atoms with Crippen molar-refractivity contribution in [2.45, 2.75) is 13.3 Å². The Hall–Kier alpha value is -0.610. The zero-order valence-electron chi connectivity index (χ0n) is 5.29. The lowest BCUT2D eigenvalue weighted by molar-refractivity contribution is -0.274. The quantitative estimate of drug-likeness (QED) is 0.330. The maximum atomic E-state index is 10.3. The van der Waals surface area contributed by atoms with E-state index in [2.05, 4.69) is 9.78 Å². The molecule has 0 aliphatic heterocycles. The topological polar surface area (TPSA) is 55.8 Å². The van der Waals surface area contributed by atoms with E-state index in [1.807, 2.05) is 0 Å². The van der Waals surface area contributed by atoms with E-state index in [1.54, 1.807) is 6.92 Å². The maximum Gasteiger partial charge on any atom is 0.342 e. The molecule has 4 nitrogen and oxygen atoms in total. The summed E-state index contributed by atoms with van der Waals surface area (Å²) in [7, 11) is 0. The minimum Gasteiger partial charge on any atom is -0.394 e. The van der Waals surface area contributed by atoms with E-state index in [0.29, 0.717) is 0 Å². The normalized spacial score (nSPS) is 9.11. The fourth-order valence-electron chi connectivity index (χ4n) is 0.204. The Kier molecular flexibility index (Phi) is 5.15. The first kappa shape index (κ1) is 8.39. The van der Waals surface area contributed by atoms with Crippen molar-refractivity contribution in [1.29, 1.82) is 0 Å². The molecule has 0 amide bonds. The molecule has 0 aliphatic rings. The van der Waals surface area contributed by atoms with Gasteiger partial charge in [-0.15, -0.1) is 0 Å². The zero-order chi connectivity index (χ0) is 7.11. The van der Waals surface area contributed by atoms with E-state index in [1.165, 1.54) is 0 Å². The summed E-state index contributed by atoms with van der Waals surface area (Å²) in [4.78, 5) is 18.6. The number of rotatable bonds is 4. The van der Waals surface area contributed by atoms with Crippen LogP contribution in [0.2, 0.25) is 0 Å². The summed E-state index contributed by atoms with van der Waals surface area (Å²) in [6.07, 6.45) is 0.283. The van der Waals surface area contributed by atoms with Gasteiger partial charge in [-0.1, -0.05) is 6.92 Å². The number of aliphatic hydroxyl groups is 1. The number of aliphatic hydroxyl groups excluding tert-OH is 1. The summed E-state index contributed by atoms with van der Waals surface area (Å²) < 4.78 is 0. The SMILES string of the molecule is CCC(=O)OOCCO. The first-order chi connectivity index (χ1) is 4.31. The van der Waals surface area contributed by atoms with Crippen molar-refractivity contribution < 1.29 is 19.7 Å². The van der Waals surface area contributed by atoms with E-state index in [0.717, 1.165) is 0 Å². The smallest absolute Gasteiger partial charge is 0.342 e. The standard InChI is InChI=1S/C5H10O4/c1-2-5(7)9-8-4-3-6/h6H,2-4H2,1H3. The molecule has 0 heterocycles. The van der Waals surface area contributed by atoms with Gasteiger partial charge in [0.25, 0.3) is 0 Å². The van der Waals surface area contributed by atoms with Gasteiger partial charge in [-0.25, -0.2) is 4.79 Å². The van der Waals surface area contributed by atoms with Crippen molar-refractivity contribution in [3.05, 3.63) is 0 Å². The highest BCUT2D eigenvalue weighted by Crippen LogP contribution is 1.84. The largest absolute Gasteiger partial charge is 0.394 e. The maximum absolute atomic E-state index is 10.3. The average Bonchev–Trinajstić information content (AvgIpc) is 1.89. The molecule has 0 saturated heterocycles. The molecule has 0 rings (SSSR count). The van der Waals surface area contributed by atoms with Crippen molar-refractivity contribution in [2.75, 3.05) is 13.2 Å². The van der Waals surface area contributed by atoms with E-state index in [4.69, 9.17) is 5.11 Å². The molecule has 0 saturated carbocycles. The van der Waals surface area contributed by atoms with Crippen LogP contribution in [0.1, 0.15) is 13.3 Å². The van der Waals surface area contributed by atoms with Gasteiger partial charge in [0.15, 0.2) is 0 Å². The Morgan fingerprint density at radius 1 is 1.67 bits per heavy atom. The van der Waals surface area contributed by atoms with Gasteiger partial charge in [-0.3, -0.25) is 4.89 Å². The Labute approximate surface area is 53.3 Å². The van der Waals surface area contributed by atoms with E-state index in [-0.39, 0.29) is 19.6 Å². The van der Waals surface area contributed by atoms with Crippen LogP contribution in [0.15, 0.2) is 0 Å². The van der Waals surface area contributed by atoms with Crippen LogP contribution in [0.25, 0.3) is 0 Å². The highest BCUT2D eigenvalue weighted by atomic mass is 17.2. The molecular weight excluding hydrogens is 124 g/mol. The van der Waals surface area contributed by atoms with Crippen molar-refractivity contribution >= 4 is 5.97 Å². The van der Waals surface area contributed by atoms with Crippen molar-refractivity contribution in [3.8, 4) is 0 Å². The molecule has 0 radical (unpaired) electrons. The second-order valence-electron chi connectivity index (χ2n) is 1.35. The molecule has 0 unspecified atom stereocenters. The summed E-state index contributed by atoms with van der Waals surface area (Å²) in [5, 5.41) is 8.14. The number of carbonyl (C=O) groups is 1. The molecule has 0 atom stereocenters. The minimum atomic E-state index is -0.427. The molecule has 0 fully saturated rings. The fourth-order valence-corrected chi connectivity index (χ4v) is 0.204. The second kappa shape index (κ2) is 5.53. The van der Waals surface area contributed by atoms with Crippen LogP contribution in [0.4, 0.5) is 0 Å². The lowest BCUT2D eigenvalue weighted by atomic mass is 10.5. The third-order valence-electron chi connectivity index (χ3n) is 0.615. The molecule has 0 aromatic carbocycles. The van der Waals surface area contributed by atoms with Crippen LogP contribution in [-0.2, 0) is 14.6 Å². The lowest BCUT2D eigenvalue weighted by Crippen LogP contribution is -2.06. The minimum absolute atomic E-state index is 0.0335. The van der Waals surface area contributed by atoms with Crippen molar-refractivity contribution in [1.82, 2.24) is 0 Å². The molecule has 0 aliphatic carbocycles. The number of carbonyl (C=O) groups excluding carboxylic acids is 1. The van der Waals surface area contributed by atoms with Gasteiger partial charge in [0.2, 0.25) is 0 Å². The summed E-state index contributed by atoms with van der Waals surface area (Å²) in [6, 6.07) is 0. The second-order valence-corrected chi connectivity index (χ2v) is 1.35. The van der Waals surface area contributed by atoms with Crippen LogP contribution < -0.4 is 0 Å². The predicted molar refractivity (Wildman–Crippen MR) is 29.4 cm³/mol. The van der Waals surface area contributed by atoms with E-state index in [9.17, 15) is 4.79 Å². The summed E-state index contributed by atoms with van der Waals surface area (Å²) >= 11 is 0. The number of hydrogen-bond acceptors (Lipinski definition) is 4. The Morgan fingerprint density at radius 2 is 2.33 bits per heavy atom. The first-order valence-electron chi connectivity index (χ1n) is 2.74. The van der Waals surface area contributed by atoms with Gasteiger partial charge < -0.3 is 5.11 Å². The van der Waals surface area contributed by atoms with Gasteiger partial charge in [0, 0.05) is 6.42 Å². The van der Waals surface area contributed by atoms with Gasteiger partial charge in [-0.05, 0) is 0 Å². The monoisotopic (exact) mass is 134 g/mol. The van der Waals surface area contributed by atoms with Crippen LogP contribution in [0, 0.1) is 0 Å². The molecular formula is C5H10O4. The average molecular weight is 134 g/mol. The van der Waals surface area contributed by atoms with E-state index >= 15 is 0 Å². The van der Waals surface area contributed by atoms with Crippen LogP contribution in [-0.4, -0.2) is 24.3 Å². The molecule has 0 bridgehead atoms. The van der Waals surface area contributed by atoms with E-state index < -0.39 is 5.97 Å². The van der Waals surface area contributed by atoms with Crippen molar-refractivity contribution in [2.24, 2.45) is 0 Å². The lowest BCUT2D eigenvalue weighted by Gasteiger charge is -1.97. The van der Waals surface area contributed by atoms with Gasteiger partial charge in [-0.2, -0.15) is 4.89 Å². The summed E-state index contributed by atoms with van der Waals surface area (Å²) in [5.41, 5.74) is 0. The predicted octanol–water partition coefficient (Wildman–Crippen LogP) is -0.137. The summed E-state index contributed by atoms with van der Waals surface area (Å²) in [6.45, 7) is 1.55. The van der Waals surface area contributed by atoms with Crippen LogP contribution in [0.5, 0.6) is 0 Å². The van der Waals surface area contributed by atoms with Crippen molar-refractivity contribution in [3.63, 3.8) is 0 Å². The van der Waals surface area contributed by atoms with Gasteiger partial charge >= 0.3 is 5.97 Å². The van der Waals surface area contributed by atoms with Crippen LogP contribution >= 0.6 is 0 Å². The van der Waals surface area contributed by atoms with Gasteiger partial charge in [0.05, 0.1) is 6.61 Å².